The van der Waals surface area contributed by atoms with E-state index in [2.05, 4.69) is 46.3 Å². The van der Waals surface area contributed by atoms with Crippen molar-refractivity contribution in [1.29, 1.82) is 0 Å². The maximum atomic E-state index is 13.6. The van der Waals surface area contributed by atoms with Gasteiger partial charge in [0.25, 0.3) is 5.91 Å². The van der Waals surface area contributed by atoms with E-state index >= 15 is 0 Å². The maximum absolute atomic E-state index is 13.6. The van der Waals surface area contributed by atoms with Crippen LogP contribution in [0.4, 0.5) is 10.5 Å². The van der Waals surface area contributed by atoms with Crippen molar-refractivity contribution in [2.45, 2.75) is 38.4 Å². The molecule has 5 rings (SSSR count). The van der Waals surface area contributed by atoms with Gasteiger partial charge in [-0.25, -0.2) is 4.79 Å². The van der Waals surface area contributed by atoms with Gasteiger partial charge in [0.15, 0.2) is 0 Å². The number of nitrogens with one attached hydrogen (secondary N) is 1. The van der Waals surface area contributed by atoms with Crippen LogP contribution in [0.1, 0.15) is 17.5 Å². The summed E-state index contributed by atoms with van der Waals surface area (Å²) in [5, 5.41) is 4.49. The van der Waals surface area contributed by atoms with Gasteiger partial charge < -0.3 is 9.80 Å². The molecule has 0 aromatic heterocycles. The number of hydrogen-bond acceptors (Lipinski definition) is 5. The van der Waals surface area contributed by atoms with Crippen LogP contribution in [0, 0.1) is 6.92 Å². The summed E-state index contributed by atoms with van der Waals surface area (Å²) < 4.78 is 0. The highest BCUT2D eigenvalue weighted by atomic mass is 35.5. The zero-order valence-corrected chi connectivity index (χ0v) is 19.5. The Morgan fingerprint density at radius 2 is 1.81 bits per heavy atom. The van der Waals surface area contributed by atoms with Crippen molar-refractivity contribution in [1.82, 2.24) is 20.0 Å². The molecule has 3 amide bonds. The van der Waals surface area contributed by atoms with E-state index in [1.807, 2.05) is 0 Å². The van der Waals surface area contributed by atoms with E-state index in [1.54, 1.807) is 30.1 Å². The molecule has 0 bridgehead atoms. The molecule has 0 spiro atoms. The number of fused-ring (bicyclic) bond motifs is 3. The topological polar surface area (TPSA) is 59.1 Å². The third-order valence-corrected chi connectivity index (χ3v) is 7.17. The molecular weight excluding hydrogens is 449 g/mol. The van der Waals surface area contributed by atoms with E-state index in [-0.39, 0.29) is 30.9 Å². The minimum absolute atomic E-state index is 0.113. The van der Waals surface area contributed by atoms with Crippen LogP contribution in [0.3, 0.4) is 0 Å². The molecule has 0 aliphatic carbocycles. The number of anilines is 1. The average molecular weight is 474 g/mol. The Kier molecular flexibility index (Phi) is 5.53. The predicted molar refractivity (Wildman–Crippen MR) is 125 cm³/mol. The third-order valence-electron chi connectivity index (χ3n) is 6.58. The van der Waals surface area contributed by atoms with E-state index in [4.69, 9.17) is 23.2 Å². The number of urea groups is 1. The molecular formula is C23H25Cl2N5O2. The molecule has 2 aromatic carbocycles. The summed E-state index contributed by atoms with van der Waals surface area (Å²) >= 11 is 12.3. The summed E-state index contributed by atoms with van der Waals surface area (Å²) in [6.45, 7) is 3.84. The second-order valence-electron chi connectivity index (χ2n) is 8.60. The normalized spacial score (nSPS) is 25.9. The molecule has 3 aliphatic heterocycles. The van der Waals surface area contributed by atoms with Crippen LogP contribution < -0.4 is 10.2 Å². The van der Waals surface area contributed by atoms with Crippen molar-refractivity contribution >= 4 is 40.8 Å². The van der Waals surface area contributed by atoms with Crippen LogP contribution in [-0.2, 0) is 11.3 Å². The Bertz CT molecular complexity index is 1060. The zero-order chi connectivity index (χ0) is 22.6. The molecule has 168 valence electrons. The van der Waals surface area contributed by atoms with Gasteiger partial charge in [-0.1, -0.05) is 47.0 Å². The molecule has 3 atom stereocenters. The molecule has 3 aliphatic rings. The van der Waals surface area contributed by atoms with Crippen molar-refractivity contribution in [3.8, 4) is 0 Å². The molecule has 3 heterocycles. The summed E-state index contributed by atoms with van der Waals surface area (Å²) in [7, 11) is 1.74. The van der Waals surface area contributed by atoms with E-state index in [9.17, 15) is 9.59 Å². The first-order chi connectivity index (χ1) is 15.3. The van der Waals surface area contributed by atoms with Crippen molar-refractivity contribution in [2.75, 3.05) is 25.0 Å². The van der Waals surface area contributed by atoms with Crippen LogP contribution >= 0.6 is 23.2 Å². The van der Waals surface area contributed by atoms with Crippen LogP contribution in [0.25, 0.3) is 0 Å². The summed E-state index contributed by atoms with van der Waals surface area (Å²) in [5.41, 5.74) is 2.99. The Morgan fingerprint density at radius 1 is 1.06 bits per heavy atom. The van der Waals surface area contributed by atoms with Crippen molar-refractivity contribution < 1.29 is 9.59 Å². The van der Waals surface area contributed by atoms with Crippen LogP contribution in [0.2, 0.25) is 10.0 Å². The first-order valence-electron chi connectivity index (χ1n) is 10.7. The molecule has 2 aromatic rings. The minimum Gasteiger partial charge on any atom is -0.343 e. The fraction of sp³-hybridized carbons (Fsp3) is 0.391. The van der Waals surface area contributed by atoms with Crippen molar-refractivity contribution in [3.05, 3.63) is 63.6 Å². The Labute approximate surface area is 197 Å². The number of imide groups is 1. The first kappa shape index (κ1) is 21.5. The molecule has 1 N–H and O–H groups in total. The maximum Gasteiger partial charge on any atom is 0.328 e. The fourth-order valence-corrected chi connectivity index (χ4v) is 5.35. The molecule has 0 saturated carbocycles. The summed E-state index contributed by atoms with van der Waals surface area (Å²) in [5.74, 6) is -0.204. The van der Waals surface area contributed by atoms with Crippen LogP contribution in [-0.4, -0.2) is 65.3 Å². The lowest BCUT2D eigenvalue weighted by Crippen LogP contribution is -2.66. The smallest absolute Gasteiger partial charge is 0.328 e. The number of carbonyl (C=O) groups excluding carboxylic acids is 2. The van der Waals surface area contributed by atoms with Gasteiger partial charge in [-0.2, -0.15) is 0 Å². The minimum atomic E-state index is -0.456. The molecule has 3 unspecified atom stereocenters. The third kappa shape index (κ3) is 3.53. The standard InChI is InChI=1S/C23H25Cl2N5O2/c1-14-4-8-17(9-5-14)28-10-3-11-29-19-20(26-22(28)29)27(2)23(32)30(21(19)31)13-15-6-7-16(24)12-18(15)25/h4-9,12,19-20,22,26H,3,10-11,13H2,1-2H3. The lowest BCUT2D eigenvalue weighted by atomic mass is 10.1. The Morgan fingerprint density at radius 3 is 2.53 bits per heavy atom. The van der Waals surface area contributed by atoms with Crippen molar-refractivity contribution in [2.24, 2.45) is 0 Å². The quantitative estimate of drug-likeness (QED) is 0.739. The van der Waals surface area contributed by atoms with Gasteiger partial charge in [0.2, 0.25) is 0 Å². The molecule has 9 heteroatoms. The number of carbonyl (C=O) groups is 2. The molecule has 0 radical (unpaired) electrons. The molecule has 32 heavy (non-hydrogen) atoms. The number of amides is 3. The van der Waals surface area contributed by atoms with Crippen LogP contribution in [0.15, 0.2) is 42.5 Å². The van der Waals surface area contributed by atoms with E-state index in [0.717, 1.165) is 25.2 Å². The van der Waals surface area contributed by atoms with Crippen molar-refractivity contribution in [3.63, 3.8) is 0 Å². The van der Waals surface area contributed by atoms with Gasteiger partial charge in [-0.3, -0.25) is 19.9 Å². The highest BCUT2D eigenvalue weighted by molar-refractivity contribution is 6.35. The highest BCUT2D eigenvalue weighted by Gasteiger charge is 2.56. The second-order valence-corrected chi connectivity index (χ2v) is 9.45. The summed E-state index contributed by atoms with van der Waals surface area (Å²) in [4.78, 5) is 34.1. The molecule has 7 nitrogen and oxygen atoms in total. The second kappa shape index (κ2) is 8.23. The molecule has 3 fully saturated rings. The average Bonchev–Trinajstić information content (AvgIpc) is 3.17. The number of hydrogen-bond donors (Lipinski definition) is 1. The molecule has 3 saturated heterocycles. The van der Waals surface area contributed by atoms with E-state index in [1.165, 1.54) is 10.5 Å². The van der Waals surface area contributed by atoms with Gasteiger partial charge in [0.1, 0.15) is 18.5 Å². The SMILES string of the molecule is Cc1ccc(N2CCCN3C4C(=O)N(Cc5ccc(Cl)cc5Cl)C(=O)N(C)C4NC23)cc1. The Hall–Kier alpha value is -2.32. The van der Waals surface area contributed by atoms with Crippen LogP contribution in [0.5, 0.6) is 0 Å². The van der Waals surface area contributed by atoms with Gasteiger partial charge in [0.05, 0.1) is 6.54 Å². The highest BCUT2D eigenvalue weighted by Crippen LogP contribution is 2.34. The first-order valence-corrected chi connectivity index (χ1v) is 11.5. The summed E-state index contributed by atoms with van der Waals surface area (Å²) in [6.07, 6.45) is 0.395. The lowest BCUT2D eigenvalue weighted by molar-refractivity contribution is -0.139. The van der Waals surface area contributed by atoms with E-state index < -0.39 is 6.04 Å². The van der Waals surface area contributed by atoms with Gasteiger partial charge >= 0.3 is 6.03 Å². The number of halogens is 2. The predicted octanol–water partition coefficient (Wildman–Crippen LogP) is 3.49. The lowest BCUT2D eigenvalue weighted by Gasteiger charge is -2.44. The number of nitrogens with zero attached hydrogens (tertiary/aromatic N) is 4. The number of rotatable bonds is 3. The number of benzene rings is 2. The number of aryl methyl sites for hydroxylation is 1. The van der Waals surface area contributed by atoms with E-state index in [0.29, 0.717) is 15.6 Å². The Balaban J connectivity index is 1.43. The number of likely N-dealkylation sites (N-methyl/N-ethyl adjacent to an activating group) is 1. The van der Waals surface area contributed by atoms with Gasteiger partial charge in [0, 0.05) is 35.9 Å². The zero-order valence-electron chi connectivity index (χ0n) is 18.0. The largest absolute Gasteiger partial charge is 0.343 e. The van der Waals surface area contributed by atoms with Gasteiger partial charge in [-0.15, -0.1) is 0 Å². The summed E-state index contributed by atoms with van der Waals surface area (Å²) in [6, 6.07) is 12.7. The monoisotopic (exact) mass is 473 g/mol. The fourth-order valence-electron chi connectivity index (χ4n) is 4.89. The van der Waals surface area contributed by atoms with Gasteiger partial charge in [-0.05, 0) is 43.2 Å².